The minimum absolute atomic E-state index is 0.126. The van der Waals surface area contributed by atoms with E-state index in [9.17, 15) is 9.59 Å². The van der Waals surface area contributed by atoms with Crippen LogP contribution >= 0.6 is 0 Å². The van der Waals surface area contributed by atoms with Gasteiger partial charge in [-0.2, -0.15) is 0 Å². The first-order valence-corrected chi connectivity index (χ1v) is 6.15. The van der Waals surface area contributed by atoms with Crippen molar-refractivity contribution >= 4 is 11.8 Å². The van der Waals surface area contributed by atoms with Crippen molar-refractivity contribution in [1.82, 2.24) is 0 Å². The SMILES string of the molecule is CCOC(C(=O)O)C(=O)C(CC)(OCC)OCC. The number of carbonyl (C=O) groups is 2. The highest BCUT2D eigenvalue weighted by Gasteiger charge is 2.46. The van der Waals surface area contributed by atoms with Gasteiger partial charge in [0.1, 0.15) is 0 Å². The molecular formula is C12H22O6. The third-order valence-corrected chi connectivity index (χ3v) is 2.39. The number of hydrogen-bond donors (Lipinski definition) is 1. The number of carboxylic acids is 1. The summed E-state index contributed by atoms with van der Waals surface area (Å²) in [6.45, 7) is 7.38. The summed E-state index contributed by atoms with van der Waals surface area (Å²) in [4.78, 5) is 23.3. The second kappa shape index (κ2) is 8.18. The Hall–Kier alpha value is -0.980. The van der Waals surface area contributed by atoms with Gasteiger partial charge in [-0.25, -0.2) is 4.79 Å². The summed E-state index contributed by atoms with van der Waals surface area (Å²) in [5.41, 5.74) is 0. The molecule has 106 valence electrons. The fourth-order valence-electron chi connectivity index (χ4n) is 1.65. The van der Waals surface area contributed by atoms with Crippen molar-refractivity contribution in [2.24, 2.45) is 0 Å². The molecule has 6 nitrogen and oxygen atoms in total. The van der Waals surface area contributed by atoms with Gasteiger partial charge >= 0.3 is 5.97 Å². The summed E-state index contributed by atoms with van der Waals surface area (Å²) in [7, 11) is 0. The minimum Gasteiger partial charge on any atom is -0.479 e. The van der Waals surface area contributed by atoms with Crippen LogP contribution < -0.4 is 0 Å². The highest BCUT2D eigenvalue weighted by molar-refractivity contribution is 6.04. The number of carbonyl (C=O) groups excluding carboxylic acids is 1. The molecule has 0 aromatic heterocycles. The molecule has 0 bridgehead atoms. The third kappa shape index (κ3) is 4.04. The highest BCUT2D eigenvalue weighted by Crippen LogP contribution is 2.22. The average Bonchev–Trinajstić information content (AvgIpc) is 2.34. The summed E-state index contributed by atoms with van der Waals surface area (Å²) in [6, 6.07) is 0. The monoisotopic (exact) mass is 262 g/mol. The molecule has 0 aliphatic carbocycles. The van der Waals surface area contributed by atoms with Gasteiger partial charge in [0.25, 0.3) is 0 Å². The molecule has 1 N–H and O–H groups in total. The Morgan fingerprint density at radius 3 is 1.83 bits per heavy atom. The van der Waals surface area contributed by atoms with Crippen molar-refractivity contribution in [1.29, 1.82) is 0 Å². The molecule has 0 saturated carbocycles. The normalized spacial score (nSPS) is 13.3. The van der Waals surface area contributed by atoms with E-state index in [-0.39, 0.29) is 26.2 Å². The van der Waals surface area contributed by atoms with E-state index in [2.05, 4.69) is 0 Å². The van der Waals surface area contributed by atoms with Crippen LogP contribution in [0.2, 0.25) is 0 Å². The van der Waals surface area contributed by atoms with E-state index >= 15 is 0 Å². The quantitative estimate of drug-likeness (QED) is 0.471. The fraction of sp³-hybridized carbons (Fsp3) is 0.833. The van der Waals surface area contributed by atoms with Crippen LogP contribution in [0, 0.1) is 0 Å². The van der Waals surface area contributed by atoms with Gasteiger partial charge in [0.05, 0.1) is 0 Å². The zero-order valence-corrected chi connectivity index (χ0v) is 11.4. The van der Waals surface area contributed by atoms with Crippen molar-refractivity contribution in [3.05, 3.63) is 0 Å². The molecule has 0 radical (unpaired) electrons. The molecule has 0 fully saturated rings. The molecule has 1 atom stereocenters. The van der Waals surface area contributed by atoms with Crippen molar-refractivity contribution in [2.45, 2.75) is 46.0 Å². The smallest absolute Gasteiger partial charge is 0.340 e. The molecule has 0 amide bonds. The van der Waals surface area contributed by atoms with E-state index in [0.29, 0.717) is 0 Å². The lowest BCUT2D eigenvalue weighted by molar-refractivity contribution is -0.234. The highest BCUT2D eigenvalue weighted by atomic mass is 16.7. The summed E-state index contributed by atoms with van der Waals surface area (Å²) in [6.07, 6.45) is -1.34. The van der Waals surface area contributed by atoms with Crippen molar-refractivity contribution in [2.75, 3.05) is 19.8 Å². The maximum atomic E-state index is 12.3. The molecule has 18 heavy (non-hydrogen) atoms. The number of Topliss-reactive ketones (excluding diaryl/α,β-unsaturated/α-hetero) is 1. The molecule has 0 aliphatic rings. The van der Waals surface area contributed by atoms with Crippen LogP contribution in [0.25, 0.3) is 0 Å². The third-order valence-electron chi connectivity index (χ3n) is 2.39. The molecule has 6 heteroatoms. The van der Waals surface area contributed by atoms with Crippen LogP contribution in [0.4, 0.5) is 0 Å². The topological polar surface area (TPSA) is 82.1 Å². The summed E-state index contributed by atoms with van der Waals surface area (Å²) >= 11 is 0. The van der Waals surface area contributed by atoms with Gasteiger partial charge < -0.3 is 19.3 Å². The number of aliphatic carboxylic acids is 1. The Kier molecular flexibility index (Phi) is 7.73. The van der Waals surface area contributed by atoms with Crippen molar-refractivity contribution < 1.29 is 28.9 Å². The molecule has 0 aromatic rings. The molecule has 0 spiro atoms. The van der Waals surface area contributed by atoms with E-state index in [1.165, 1.54) is 0 Å². The predicted molar refractivity (Wildman–Crippen MR) is 64.3 cm³/mol. The van der Waals surface area contributed by atoms with E-state index in [1.54, 1.807) is 27.7 Å². The molecule has 1 unspecified atom stereocenters. The minimum atomic E-state index is -1.56. The first-order chi connectivity index (χ1) is 8.48. The second-order valence-corrected chi connectivity index (χ2v) is 3.51. The fourth-order valence-corrected chi connectivity index (χ4v) is 1.65. The first kappa shape index (κ1) is 17.0. The van der Waals surface area contributed by atoms with Gasteiger partial charge in [-0.15, -0.1) is 0 Å². The Bertz CT molecular complexity index is 270. The van der Waals surface area contributed by atoms with E-state index < -0.39 is 23.6 Å². The van der Waals surface area contributed by atoms with E-state index in [1.807, 2.05) is 0 Å². The van der Waals surface area contributed by atoms with Crippen LogP contribution in [0.15, 0.2) is 0 Å². The van der Waals surface area contributed by atoms with Gasteiger partial charge in [0, 0.05) is 26.2 Å². The molecular weight excluding hydrogens is 240 g/mol. The summed E-state index contributed by atoms with van der Waals surface area (Å²) in [5.74, 6) is -3.58. The largest absolute Gasteiger partial charge is 0.479 e. The molecule has 0 aliphatic heterocycles. The maximum absolute atomic E-state index is 12.3. The first-order valence-electron chi connectivity index (χ1n) is 6.15. The lowest BCUT2D eigenvalue weighted by Gasteiger charge is -2.32. The summed E-state index contributed by atoms with van der Waals surface area (Å²) in [5, 5.41) is 9.01. The number of hydrogen-bond acceptors (Lipinski definition) is 5. The van der Waals surface area contributed by atoms with E-state index in [0.717, 1.165) is 0 Å². The lowest BCUT2D eigenvalue weighted by atomic mass is 10.0. The maximum Gasteiger partial charge on any atom is 0.340 e. The van der Waals surface area contributed by atoms with Crippen molar-refractivity contribution in [3.8, 4) is 0 Å². The van der Waals surface area contributed by atoms with Crippen molar-refractivity contribution in [3.63, 3.8) is 0 Å². The molecule has 0 heterocycles. The van der Waals surface area contributed by atoms with Gasteiger partial charge in [-0.1, -0.05) is 6.92 Å². The predicted octanol–water partition coefficient (Wildman–Crippen LogP) is 1.22. The number of rotatable bonds is 10. The number of carboxylic acid groups (broad SMARTS) is 1. The van der Waals surface area contributed by atoms with E-state index in [4.69, 9.17) is 19.3 Å². The number of ketones is 1. The number of ether oxygens (including phenoxy) is 3. The van der Waals surface area contributed by atoms with Crippen LogP contribution in [0.3, 0.4) is 0 Å². The Morgan fingerprint density at radius 2 is 1.56 bits per heavy atom. The van der Waals surface area contributed by atoms with Crippen LogP contribution in [0.5, 0.6) is 0 Å². The molecule has 0 rings (SSSR count). The zero-order valence-electron chi connectivity index (χ0n) is 11.4. The molecule has 0 aromatic carbocycles. The van der Waals surface area contributed by atoms with Crippen LogP contribution in [-0.4, -0.2) is 48.6 Å². The average molecular weight is 262 g/mol. The Balaban J connectivity index is 5.17. The zero-order chi connectivity index (χ0) is 14.2. The van der Waals surface area contributed by atoms with Crippen LogP contribution in [-0.2, 0) is 23.8 Å². The van der Waals surface area contributed by atoms with Crippen LogP contribution in [0.1, 0.15) is 34.1 Å². The lowest BCUT2D eigenvalue weighted by Crippen LogP contribution is -2.52. The Morgan fingerprint density at radius 1 is 1.06 bits per heavy atom. The molecule has 0 saturated heterocycles. The van der Waals surface area contributed by atoms with Gasteiger partial charge in [0.15, 0.2) is 0 Å². The van der Waals surface area contributed by atoms with Gasteiger partial charge in [-0.3, -0.25) is 4.79 Å². The van der Waals surface area contributed by atoms with Gasteiger partial charge in [-0.05, 0) is 20.8 Å². The standard InChI is InChI=1S/C12H22O6/c1-5-12(17-7-3,18-8-4)10(13)9(11(14)15)16-6-2/h9H,5-8H2,1-4H3,(H,14,15). The Labute approximate surface area is 107 Å². The van der Waals surface area contributed by atoms with Gasteiger partial charge in [0.2, 0.25) is 17.7 Å². The second-order valence-electron chi connectivity index (χ2n) is 3.51. The summed E-state index contributed by atoms with van der Waals surface area (Å²) < 4.78 is 15.6.